The van der Waals surface area contributed by atoms with Crippen LogP contribution in [0.2, 0.25) is 10.0 Å². The molecular weight excluding hydrogens is 731 g/mol. The predicted molar refractivity (Wildman–Crippen MR) is 206 cm³/mol. The number of carbonyl (C=O) groups is 3. The van der Waals surface area contributed by atoms with Gasteiger partial charge < -0.3 is 30.4 Å². The molecule has 0 unspecified atom stereocenters. The van der Waals surface area contributed by atoms with Crippen molar-refractivity contribution in [2.75, 3.05) is 32.1 Å². The van der Waals surface area contributed by atoms with E-state index in [9.17, 15) is 19.5 Å². The second-order valence-corrected chi connectivity index (χ2v) is 15.1. The molecule has 13 nitrogen and oxygen atoms in total. The molecule has 3 aromatic heterocycles. The van der Waals surface area contributed by atoms with E-state index in [0.29, 0.717) is 76.9 Å². The van der Waals surface area contributed by atoms with Gasteiger partial charge in [0, 0.05) is 87.2 Å². The first-order valence-corrected chi connectivity index (χ1v) is 19.1. The highest BCUT2D eigenvalue weighted by Gasteiger charge is 2.30. The molecule has 3 aliphatic rings. The van der Waals surface area contributed by atoms with Gasteiger partial charge in [0.25, 0.3) is 5.91 Å². The Bertz CT molecular complexity index is 2060. The Balaban J connectivity index is 1.03. The summed E-state index contributed by atoms with van der Waals surface area (Å²) in [4.78, 5) is 53.0. The van der Waals surface area contributed by atoms with Crippen molar-refractivity contribution in [1.82, 2.24) is 35.1 Å². The number of pyridine rings is 2. The predicted octanol–water partition coefficient (Wildman–Crippen LogP) is 5.73. The van der Waals surface area contributed by atoms with Crippen molar-refractivity contribution in [3.05, 3.63) is 75.4 Å². The normalized spacial score (nSPS) is 20.0. The van der Waals surface area contributed by atoms with E-state index in [1.54, 1.807) is 37.6 Å². The first kappa shape index (κ1) is 37.7. The minimum atomic E-state index is -0.687. The third kappa shape index (κ3) is 8.09. The summed E-state index contributed by atoms with van der Waals surface area (Å²) in [6.07, 6.45) is 7.08. The van der Waals surface area contributed by atoms with E-state index in [1.807, 2.05) is 23.7 Å². The van der Waals surface area contributed by atoms with E-state index >= 15 is 0 Å². The van der Waals surface area contributed by atoms with Crippen LogP contribution in [-0.4, -0.2) is 80.1 Å². The van der Waals surface area contributed by atoms with Gasteiger partial charge >= 0.3 is 5.97 Å². The summed E-state index contributed by atoms with van der Waals surface area (Å²) in [5, 5.41) is 19.3. The van der Waals surface area contributed by atoms with Gasteiger partial charge in [-0.05, 0) is 56.2 Å². The number of hydrogen-bond donors (Lipinski definition) is 4. The number of hydrogen-bond acceptors (Lipinski definition) is 9. The van der Waals surface area contributed by atoms with Gasteiger partial charge in [-0.2, -0.15) is 0 Å². The van der Waals surface area contributed by atoms with Crippen LogP contribution in [0.1, 0.15) is 66.1 Å². The standard InChI is InChI=1S/C39H44Cl2N8O5/c1-48-31-15-17-49(20-22-6-8-23(9-7-22)39(52)53)21-30(31)45-36(48)37(51)46-29-5-3-4-27(33(29)40)35-34(41)26(14-16-43-35)28-12-10-24(38(47-28)54-2)18-42-19-25-11-13-32(50)44-25/h3-5,10,12,14,16,22-23,25,42H,6-9,11,13,15,17-21H2,1-2H3,(H,44,50)(H,46,51)(H,52,53)/t22-,23+,25-/m1/s1. The van der Waals surface area contributed by atoms with Crippen LogP contribution in [0.15, 0.2) is 42.6 Å². The number of carboxylic acid groups (broad SMARTS) is 1. The molecule has 284 valence electrons. The number of imidazole rings is 1. The van der Waals surface area contributed by atoms with Gasteiger partial charge in [-0.25, -0.2) is 9.97 Å². The number of amides is 2. The van der Waals surface area contributed by atoms with E-state index in [2.05, 4.69) is 25.8 Å². The highest BCUT2D eigenvalue weighted by molar-refractivity contribution is 6.39. The van der Waals surface area contributed by atoms with Crippen LogP contribution in [0.25, 0.3) is 22.5 Å². The first-order chi connectivity index (χ1) is 26.1. The average molecular weight is 776 g/mol. The number of aliphatic carboxylic acids is 1. The van der Waals surface area contributed by atoms with Crippen LogP contribution in [0.3, 0.4) is 0 Å². The van der Waals surface area contributed by atoms with E-state index in [0.717, 1.165) is 68.6 Å². The molecule has 1 saturated heterocycles. The number of rotatable bonds is 12. The zero-order valence-corrected chi connectivity index (χ0v) is 31.8. The van der Waals surface area contributed by atoms with Crippen molar-refractivity contribution in [2.45, 2.75) is 64.1 Å². The van der Waals surface area contributed by atoms with Gasteiger partial charge in [-0.3, -0.25) is 24.3 Å². The van der Waals surface area contributed by atoms with Gasteiger partial charge in [0.1, 0.15) is 0 Å². The topological polar surface area (TPSA) is 164 Å². The number of anilines is 1. The lowest BCUT2D eigenvalue weighted by atomic mass is 9.81. The Morgan fingerprint density at radius 1 is 1.02 bits per heavy atom. The molecule has 1 atom stereocenters. The minimum absolute atomic E-state index is 0.0824. The molecule has 2 aliphatic heterocycles. The van der Waals surface area contributed by atoms with Crippen LogP contribution >= 0.6 is 23.2 Å². The van der Waals surface area contributed by atoms with Crippen molar-refractivity contribution >= 4 is 46.7 Å². The van der Waals surface area contributed by atoms with Crippen molar-refractivity contribution in [3.63, 3.8) is 0 Å². The summed E-state index contributed by atoms with van der Waals surface area (Å²) in [6.45, 7) is 3.58. The summed E-state index contributed by atoms with van der Waals surface area (Å²) in [7, 11) is 3.43. The number of nitrogens with zero attached hydrogens (tertiary/aromatic N) is 5. The molecule has 0 bridgehead atoms. The summed E-state index contributed by atoms with van der Waals surface area (Å²) in [5.74, 6) is 0.0169. The number of carbonyl (C=O) groups excluding carboxylic acids is 2. The summed E-state index contributed by atoms with van der Waals surface area (Å²) in [5.41, 5.74) is 5.39. The number of methoxy groups -OCH3 is 1. The van der Waals surface area contributed by atoms with E-state index in [4.69, 9.17) is 37.9 Å². The van der Waals surface area contributed by atoms with Crippen LogP contribution < -0.4 is 20.7 Å². The zero-order chi connectivity index (χ0) is 37.9. The number of ether oxygens (including phenoxy) is 1. The third-order valence-electron chi connectivity index (χ3n) is 10.8. The molecule has 1 aliphatic carbocycles. The Morgan fingerprint density at radius 2 is 1.83 bits per heavy atom. The molecule has 0 spiro atoms. The largest absolute Gasteiger partial charge is 0.481 e. The lowest BCUT2D eigenvalue weighted by Crippen LogP contribution is -2.36. The van der Waals surface area contributed by atoms with Crippen molar-refractivity contribution in [2.24, 2.45) is 18.9 Å². The molecule has 1 saturated carbocycles. The fourth-order valence-corrected chi connectivity index (χ4v) is 8.43. The quantitative estimate of drug-likeness (QED) is 0.140. The molecule has 4 N–H and O–H groups in total. The molecule has 5 heterocycles. The molecule has 7 rings (SSSR count). The summed E-state index contributed by atoms with van der Waals surface area (Å²) < 4.78 is 7.48. The van der Waals surface area contributed by atoms with E-state index < -0.39 is 5.97 Å². The maximum absolute atomic E-state index is 13.7. The second-order valence-electron chi connectivity index (χ2n) is 14.4. The number of halogens is 2. The molecule has 4 aromatic rings. The van der Waals surface area contributed by atoms with Gasteiger partial charge in [0.05, 0.1) is 45.8 Å². The second kappa shape index (κ2) is 16.4. The maximum Gasteiger partial charge on any atom is 0.306 e. The highest BCUT2D eigenvalue weighted by atomic mass is 35.5. The Kier molecular flexibility index (Phi) is 11.5. The van der Waals surface area contributed by atoms with Gasteiger partial charge in [-0.15, -0.1) is 0 Å². The molecular formula is C39H44Cl2N8O5. The minimum Gasteiger partial charge on any atom is -0.481 e. The van der Waals surface area contributed by atoms with E-state index in [1.165, 1.54) is 0 Å². The maximum atomic E-state index is 13.7. The Morgan fingerprint density at radius 3 is 2.57 bits per heavy atom. The van der Waals surface area contributed by atoms with Gasteiger partial charge in [0.2, 0.25) is 11.8 Å². The van der Waals surface area contributed by atoms with Gasteiger partial charge in [0.15, 0.2) is 5.82 Å². The summed E-state index contributed by atoms with van der Waals surface area (Å²) >= 11 is 14.0. The smallest absolute Gasteiger partial charge is 0.306 e. The third-order valence-corrected chi connectivity index (χ3v) is 11.6. The van der Waals surface area contributed by atoms with Crippen LogP contribution in [0.5, 0.6) is 5.88 Å². The number of nitrogens with one attached hydrogen (secondary N) is 3. The monoisotopic (exact) mass is 774 g/mol. The fraction of sp³-hybridized carbons (Fsp3) is 0.436. The molecule has 15 heteroatoms. The fourth-order valence-electron chi connectivity index (χ4n) is 7.86. The molecule has 2 amide bonds. The average Bonchev–Trinajstić information content (AvgIpc) is 3.74. The van der Waals surface area contributed by atoms with E-state index in [-0.39, 0.29) is 28.8 Å². The number of benzene rings is 1. The van der Waals surface area contributed by atoms with Crippen LogP contribution in [-0.2, 0) is 36.1 Å². The molecule has 54 heavy (non-hydrogen) atoms. The van der Waals surface area contributed by atoms with Crippen LogP contribution in [0, 0.1) is 11.8 Å². The molecule has 1 aromatic carbocycles. The number of fused-ring (bicyclic) bond motifs is 1. The number of aromatic nitrogens is 4. The van der Waals surface area contributed by atoms with Crippen molar-refractivity contribution in [1.29, 1.82) is 0 Å². The van der Waals surface area contributed by atoms with Crippen molar-refractivity contribution in [3.8, 4) is 28.4 Å². The summed E-state index contributed by atoms with van der Waals surface area (Å²) in [6, 6.07) is 11.0. The molecule has 0 radical (unpaired) electrons. The molecule has 2 fully saturated rings. The van der Waals surface area contributed by atoms with Crippen molar-refractivity contribution < 1.29 is 24.2 Å². The lowest BCUT2D eigenvalue weighted by Gasteiger charge is -2.33. The highest BCUT2D eigenvalue weighted by Crippen LogP contribution is 2.40. The lowest BCUT2D eigenvalue weighted by molar-refractivity contribution is -0.143. The Labute approximate surface area is 323 Å². The first-order valence-electron chi connectivity index (χ1n) is 18.4. The van der Waals surface area contributed by atoms with Crippen LogP contribution in [0.4, 0.5) is 5.69 Å². The Hall–Kier alpha value is -4.56. The number of carboxylic acids is 1. The SMILES string of the molecule is COc1nc(-c2ccnc(-c3cccc(NC(=O)c4nc5c(n4C)CCN(C[C@H]4CC[C@@H](C(=O)O)CC4)C5)c3Cl)c2Cl)ccc1CNC[C@H]1CCC(=O)N1. The van der Waals surface area contributed by atoms with Gasteiger partial charge in [-0.1, -0.05) is 41.4 Å². The zero-order valence-electron chi connectivity index (χ0n) is 30.3.